The molecule has 0 unspecified atom stereocenters. The van der Waals surface area contributed by atoms with Crippen molar-refractivity contribution < 1.29 is 9.53 Å². The molecular weight excluding hydrogens is 350 g/mol. The monoisotopic (exact) mass is 363 g/mol. The van der Waals surface area contributed by atoms with Crippen molar-refractivity contribution >= 4 is 23.4 Å². The highest BCUT2D eigenvalue weighted by Crippen LogP contribution is 2.33. The van der Waals surface area contributed by atoms with Gasteiger partial charge in [-0.3, -0.25) is 0 Å². The second-order valence-electron chi connectivity index (χ2n) is 5.48. The maximum absolute atomic E-state index is 11.6. The van der Waals surface area contributed by atoms with Gasteiger partial charge >= 0.3 is 5.97 Å². The van der Waals surface area contributed by atoms with Crippen LogP contribution in [-0.2, 0) is 4.74 Å². The fraction of sp³-hybridized carbons (Fsp3) is 0.0500. The molecule has 0 atom stereocenters. The van der Waals surface area contributed by atoms with Crippen LogP contribution in [-0.4, -0.2) is 18.1 Å². The molecule has 5 nitrogen and oxygen atoms in total. The summed E-state index contributed by atoms with van der Waals surface area (Å²) in [5, 5.41) is 10.0. The third-order valence-corrected chi connectivity index (χ3v) is 4.26. The van der Waals surface area contributed by atoms with Crippen LogP contribution in [0.25, 0.3) is 22.4 Å². The number of benzene rings is 2. The molecule has 0 aliphatic rings. The highest BCUT2D eigenvalue weighted by atomic mass is 35.5. The zero-order valence-electron chi connectivity index (χ0n) is 13.9. The van der Waals surface area contributed by atoms with Crippen LogP contribution in [0.2, 0.25) is 5.02 Å². The Morgan fingerprint density at radius 3 is 2.46 bits per heavy atom. The van der Waals surface area contributed by atoms with Gasteiger partial charge in [0.15, 0.2) is 0 Å². The van der Waals surface area contributed by atoms with E-state index < -0.39 is 5.97 Å². The second-order valence-corrected chi connectivity index (χ2v) is 5.88. The van der Waals surface area contributed by atoms with Crippen LogP contribution in [0.1, 0.15) is 15.9 Å². The molecule has 0 saturated heterocycles. The van der Waals surface area contributed by atoms with Crippen LogP contribution < -0.4 is 5.73 Å². The van der Waals surface area contributed by atoms with Crippen LogP contribution in [0, 0.1) is 11.3 Å². The molecule has 3 aromatic rings. The number of anilines is 1. The molecule has 0 radical (unpaired) electrons. The van der Waals surface area contributed by atoms with Gasteiger partial charge in [-0.05, 0) is 29.8 Å². The quantitative estimate of drug-likeness (QED) is 0.700. The molecule has 0 saturated carbocycles. The first-order valence-corrected chi connectivity index (χ1v) is 8.07. The van der Waals surface area contributed by atoms with Crippen molar-refractivity contribution in [3.63, 3.8) is 0 Å². The summed E-state index contributed by atoms with van der Waals surface area (Å²) in [4.78, 5) is 15.9. The van der Waals surface area contributed by atoms with Crippen molar-refractivity contribution in [3.05, 3.63) is 70.7 Å². The van der Waals surface area contributed by atoms with Crippen molar-refractivity contribution in [2.45, 2.75) is 0 Å². The molecule has 1 heterocycles. The van der Waals surface area contributed by atoms with Crippen LogP contribution in [0.15, 0.2) is 54.6 Å². The van der Waals surface area contributed by atoms with E-state index in [0.717, 1.165) is 11.1 Å². The second kappa shape index (κ2) is 7.26. The van der Waals surface area contributed by atoms with E-state index in [9.17, 15) is 10.1 Å². The summed E-state index contributed by atoms with van der Waals surface area (Å²) < 4.78 is 4.70. The molecule has 0 aliphatic heterocycles. The van der Waals surface area contributed by atoms with Crippen molar-refractivity contribution in [2.24, 2.45) is 0 Å². The highest BCUT2D eigenvalue weighted by molar-refractivity contribution is 6.33. The largest absolute Gasteiger partial charge is 0.465 e. The number of methoxy groups -OCH3 is 1. The molecule has 0 spiro atoms. The molecule has 128 valence electrons. The lowest BCUT2D eigenvalue weighted by Gasteiger charge is -2.11. The van der Waals surface area contributed by atoms with Crippen molar-refractivity contribution in [3.8, 4) is 28.5 Å². The van der Waals surface area contributed by atoms with Crippen LogP contribution in [0.3, 0.4) is 0 Å². The average molecular weight is 364 g/mol. The van der Waals surface area contributed by atoms with Crippen LogP contribution in [0.4, 0.5) is 5.82 Å². The van der Waals surface area contributed by atoms with E-state index in [0.29, 0.717) is 21.8 Å². The molecule has 26 heavy (non-hydrogen) atoms. The Balaban J connectivity index is 2.16. The SMILES string of the molecule is COC(=O)c1ccc(-c2cc(-c3ccccc3Cl)nc(N)c2C#N)cc1. The number of carbonyl (C=O) groups is 1. The third-order valence-electron chi connectivity index (χ3n) is 3.93. The fourth-order valence-corrected chi connectivity index (χ4v) is 2.85. The summed E-state index contributed by atoms with van der Waals surface area (Å²) >= 11 is 6.26. The number of nitrogens with zero attached hydrogens (tertiary/aromatic N) is 2. The van der Waals surface area contributed by atoms with Gasteiger partial charge in [0.25, 0.3) is 0 Å². The van der Waals surface area contributed by atoms with Crippen LogP contribution >= 0.6 is 11.6 Å². The number of rotatable bonds is 3. The Hall–Kier alpha value is -3.36. The van der Waals surface area contributed by atoms with Gasteiger partial charge in [0.1, 0.15) is 17.5 Å². The van der Waals surface area contributed by atoms with Gasteiger partial charge < -0.3 is 10.5 Å². The van der Waals surface area contributed by atoms with Crippen LogP contribution in [0.5, 0.6) is 0 Å². The van der Waals surface area contributed by atoms with E-state index in [-0.39, 0.29) is 11.4 Å². The number of nitrogen functional groups attached to an aromatic ring is 1. The first-order valence-electron chi connectivity index (χ1n) is 7.69. The van der Waals surface area contributed by atoms with Gasteiger partial charge in [0, 0.05) is 16.1 Å². The summed E-state index contributed by atoms with van der Waals surface area (Å²) in [5.74, 6) is -0.306. The minimum absolute atomic E-state index is 0.122. The topological polar surface area (TPSA) is 89.0 Å². The van der Waals surface area contributed by atoms with Crippen molar-refractivity contribution in [2.75, 3.05) is 12.8 Å². The number of hydrogen-bond acceptors (Lipinski definition) is 5. The smallest absolute Gasteiger partial charge is 0.337 e. The number of nitrogens with two attached hydrogens (primary N) is 1. The van der Waals surface area contributed by atoms with Crippen molar-refractivity contribution in [1.29, 1.82) is 5.26 Å². The van der Waals surface area contributed by atoms with E-state index in [4.69, 9.17) is 22.1 Å². The summed E-state index contributed by atoms with van der Waals surface area (Å²) in [7, 11) is 1.32. The Labute approximate surface area is 155 Å². The Kier molecular flexibility index (Phi) is 4.87. The molecule has 0 fully saturated rings. The Bertz CT molecular complexity index is 1020. The fourth-order valence-electron chi connectivity index (χ4n) is 2.62. The van der Waals surface area contributed by atoms with Gasteiger partial charge in [-0.15, -0.1) is 0 Å². The molecule has 0 amide bonds. The lowest BCUT2D eigenvalue weighted by atomic mass is 9.97. The number of halogens is 1. The third kappa shape index (κ3) is 3.23. The Morgan fingerprint density at radius 2 is 1.85 bits per heavy atom. The normalized spacial score (nSPS) is 10.2. The first-order chi connectivity index (χ1) is 12.5. The van der Waals surface area contributed by atoms with Gasteiger partial charge in [-0.1, -0.05) is 41.9 Å². The van der Waals surface area contributed by atoms with E-state index in [2.05, 4.69) is 11.1 Å². The Morgan fingerprint density at radius 1 is 1.15 bits per heavy atom. The molecular formula is C20H14ClN3O2. The van der Waals surface area contributed by atoms with Gasteiger partial charge in [-0.2, -0.15) is 5.26 Å². The van der Waals surface area contributed by atoms with E-state index in [1.165, 1.54) is 7.11 Å². The zero-order chi connectivity index (χ0) is 18.7. The number of carbonyl (C=O) groups excluding carboxylic acids is 1. The summed E-state index contributed by atoms with van der Waals surface area (Å²) in [6.45, 7) is 0. The summed E-state index contributed by atoms with van der Waals surface area (Å²) in [6.07, 6.45) is 0. The number of nitriles is 1. The summed E-state index contributed by atoms with van der Waals surface area (Å²) in [5.41, 5.74) is 9.33. The molecule has 2 N–H and O–H groups in total. The molecule has 0 aliphatic carbocycles. The predicted molar refractivity (Wildman–Crippen MR) is 101 cm³/mol. The molecule has 3 rings (SSSR count). The predicted octanol–water partition coefficient (Wildman–Crippen LogP) is 4.31. The van der Waals surface area contributed by atoms with Crippen molar-refractivity contribution in [1.82, 2.24) is 4.98 Å². The van der Waals surface area contributed by atoms with Gasteiger partial charge in [-0.25, -0.2) is 9.78 Å². The number of aromatic nitrogens is 1. The lowest BCUT2D eigenvalue weighted by Crippen LogP contribution is -2.02. The number of ether oxygens (including phenoxy) is 1. The highest BCUT2D eigenvalue weighted by Gasteiger charge is 2.15. The molecule has 6 heteroatoms. The lowest BCUT2D eigenvalue weighted by molar-refractivity contribution is 0.0601. The number of esters is 1. The van der Waals surface area contributed by atoms with Gasteiger partial charge in [0.05, 0.1) is 18.4 Å². The molecule has 2 aromatic carbocycles. The zero-order valence-corrected chi connectivity index (χ0v) is 14.6. The van der Waals surface area contributed by atoms with E-state index >= 15 is 0 Å². The maximum atomic E-state index is 11.6. The van der Waals surface area contributed by atoms with E-state index in [1.54, 1.807) is 36.4 Å². The number of pyridine rings is 1. The molecule has 0 bridgehead atoms. The minimum atomic E-state index is -0.428. The number of hydrogen-bond donors (Lipinski definition) is 1. The average Bonchev–Trinajstić information content (AvgIpc) is 2.67. The maximum Gasteiger partial charge on any atom is 0.337 e. The molecule has 1 aromatic heterocycles. The standard InChI is InChI=1S/C20H14ClN3O2/c1-26-20(25)13-8-6-12(7-9-13)15-10-18(24-19(23)16(15)11-22)14-4-2-3-5-17(14)21/h2-10H,1H3,(H2,23,24). The van der Waals surface area contributed by atoms with Gasteiger partial charge in [0.2, 0.25) is 0 Å². The summed E-state index contributed by atoms with van der Waals surface area (Å²) in [6, 6.07) is 17.9. The van der Waals surface area contributed by atoms with E-state index in [1.807, 2.05) is 18.2 Å². The minimum Gasteiger partial charge on any atom is -0.465 e. The first kappa shape index (κ1) is 17.5.